The summed E-state index contributed by atoms with van der Waals surface area (Å²) in [5.74, 6) is 7.52. The molecule has 8 nitrogen and oxygen atoms in total. The van der Waals surface area contributed by atoms with Gasteiger partial charge in [-0.1, -0.05) is 53.9 Å². The molecule has 4 saturated heterocycles. The summed E-state index contributed by atoms with van der Waals surface area (Å²) < 4.78 is 7.56. The van der Waals surface area contributed by atoms with Crippen molar-refractivity contribution in [3.8, 4) is 0 Å². The van der Waals surface area contributed by atoms with Crippen LogP contribution in [0.1, 0.15) is 113 Å². The van der Waals surface area contributed by atoms with Gasteiger partial charge in [-0.2, -0.15) is 0 Å². The minimum Gasteiger partial charge on any atom is -0.441 e. The lowest BCUT2D eigenvalue weighted by atomic mass is 9.82. The van der Waals surface area contributed by atoms with Gasteiger partial charge in [-0.25, -0.2) is 0 Å². The number of furan rings is 1. The fourth-order valence-electron chi connectivity index (χ4n) is 10.2. The Kier molecular flexibility index (Phi) is 10.6. The smallest absolute Gasteiger partial charge is 0.195 e. The monoisotopic (exact) mass is 801 g/mol. The van der Waals surface area contributed by atoms with Crippen molar-refractivity contribution in [3.05, 3.63) is 135 Å². The third-order valence-electron chi connectivity index (χ3n) is 13.1. The van der Waals surface area contributed by atoms with Crippen molar-refractivity contribution >= 4 is 62.5 Å². The first-order valence-corrected chi connectivity index (χ1v) is 21.3. The van der Waals surface area contributed by atoms with Crippen molar-refractivity contribution in [3.63, 3.8) is 0 Å². The highest BCUT2D eigenvalue weighted by Crippen LogP contribution is 2.43. The highest BCUT2D eigenvalue weighted by Gasteiger charge is 2.35. The molecule has 0 aliphatic carbocycles. The standard InChI is InChI=1S/C24H26ClN3O.C23H23ClN2O2/c25-22-7-2-1-6-19(22)24(29)17-8-9-23-20(14-17)21(15-28(23)26)16-10-12-27-11-4-3-5-18(27)13-16;24-19-6-2-1-5-17(19)22(27)15-7-8-20-18(13-15)21(23(25)28-20)14-9-11-26-10-3-4-16(26)12-14/h1-2,6-9,14-16,18H,3-5,10-13,26H2;1-2,5-8,13-14,16H,3-4,9-12,25H2. The van der Waals surface area contributed by atoms with Gasteiger partial charge in [0.25, 0.3) is 0 Å². The molecule has 57 heavy (non-hydrogen) atoms. The van der Waals surface area contributed by atoms with Crippen LogP contribution in [0.3, 0.4) is 0 Å². The van der Waals surface area contributed by atoms with Crippen LogP contribution < -0.4 is 11.6 Å². The van der Waals surface area contributed by atoms with Crippen LogP contribution in [0.4, 0.5) is 5.88 Å². The molecule has 294 valence electrons. The lowest BCUT2D eigenvalue weighted by Crippen LogP contribution is -2.44. The van der Waals surface area contributed by atoms with Crippen LogP contribution in [-0.4, -0.2) is 64.3 Å². The number of fused-ring (bicyclic) bond motifs is 4. The number of rotatable bonds is 6. The molecule has 0 saturated carbocycles. The van der Waals surface area contributed by atoms with Crippen LogP contribution in [0.2, 0.25) is 10.0 Å². The van der Waals surface area contributed by atoms with Gasteiger partial charge in [0.2, 0.25) is 0 Å². The number of anilines is 1. The Hall–Kier alpha value is -4.60. The third kappa shape index (κ3) is 7.38. The zero-order chi connectivity index (χ0) is 39.2. The lowest BCUT2D eigenvalue weighted by Gasteiger charge is -2.42. The van der Waals surface area contributed by atoms with E-state index in [1.807, 2.05) is 54.6 Å². The average Bonchev–Trinajstić information content (AvgIpc) is 3.94. The van der Waals surface area contributed by atoms with Gasteiger partial charge in [0.1, 0.15) is 5.58 Å². The molecule has 0 amide bonds. The normalized spacial score (nSPS) is 22.5. The van der Waals surface area contributed by atoms with E-state index >= 15 is 0 Å². The molecule has 10 heteroatoms. The minimum atomic E-state index is -0.0798. The number of aromatic nitrogens is 1. The van der Waals surface area contributed by atoms with Crippen molar-refractivity contribution in [1.29, 1.82) is 0 Å². The number of ketones is 2. The predicted octanol–water partition coefficient (Wildman–Crippen LogP) is 10.2. The molecule has 4 aliphatic rings. The van der Waals surface area contributed by atoms with Crippen LogP contribution in [-0.2, 0) is 0 Å². The molecule has 6 heterocycles. The van der Waals surface area contributed by atoms with Crippen molar-refractivity contribution in [2.24, 2.45) is 0 Å². The molecule has 4 aliphatic heterocycles. The summed E-state index contributed by atoms with van der Waals surface area (Å²) in [6.07, 6.45) is 13.1. The van der Waals surface area contributed by atoms with E-state index < -0.39 is 0 Å². The van der Waals surface area contributed by atoms with Gasteiger partial charge in [-0.3, -0.25) is 14.3 Å². The molecular weight excluding hydrogens is 753 g/mol. The number of nitrogen functional groups attached to an aromatic ring is 2. The van der Waals surface area contributed by atoms with E-state index in [1.165, 1.54) is 57.2 Å². The molecule has 2 aromatic heterocycles. The number of piperidine rings is 3. The fourth-order valence-corrected chi connectivity index (χ4v) is 10.6. The molecule has 4 unspecified atom stereocenters. The topological polar surface area (TPSA) is 111 Å². The molecule has 10 rings (SSSR count). The molecule has 0 bridgehead atoms. The summed E-state index contributed by atoms with van der Waals surface area (Å²) in [6, 6.07) is 27.1. The summed E-state index contributed by atoms with van der Waals surface area (Å²) in [4.78, 5) is 31.3. The number of benzene rings is 4. The number of halogens is 2. The summed E-state index contributed by atoms with van der Waals surface area (Å²) in [5.41, 5.74) is 12.7. The lowest BCUT2D eigenvalue weighted by molar-refractivity contribution is 0.0977. The highest BCUT2D eigenvalue weighted by atomic mass is 35.5. The largest absolute Gasteiger partial charge is 0.441 e. The van der Waals surface area contributed by atoms with E-state index in [-0.39, 0.29) is 11.6 Å². The summed E-state index contributed by atoms with van der Waals surface area (Å²) in [7, 11) is 0. The Morgan fingerprint density at radius 3 is 1.91 bits per heavy atom. The van der Waals surface area contributed by atoms with Crippen LogP contribution in [0.5, 0.6) is 0 Å². The molecule has 4 N–H and O–H groups in total. The molecule has 4 fully saturated rings. The van der Waals surface area contributed by atoms with E-state index in [1.54, 1.807) is 35.0 Å². The zero-order valence-corrected chi connectivity index (χ0v) is 33.7. The Balaban J connectivity index is 0.000000148. The number of carbonyl (C=O) groups excluding carboxylic acids is 2. The van der Waals surface area contributed by atoms with Gasteiger partial charge in [0, 0.05) is 56.9 Å². The highest BCUT2D eigenvalue weighted by molar-refractivity contribution is 6.35. The zero-order valence-electron chi connectivity index (χ0n) is 32.1. The summed E-state index contributed by atoms with van der Waals surface area (Å²) in [5, 5.41) is 3.01. The van der Waals surface area contributed by atoms with Crippen LogP contribution in [0.25, 0.3) is 21.9 Å². The number of nitrogens with zero attached hydrogens (tertiary/aromatic N) is 3. The van der Waals surface area contributed by atoms with E-state index in [9.17, 15) is 9.59 Å². The van der Waals surface area contributed by atoms with Crippen LogP contribution >= 0.6 is 23.2 Å². The summed E-state index contributed by atoms with van der Waals surface area (Å²) in [6.45, 7) is 4.73. The second kappa shape index (κ2) is 16.0. The van der Waals surface area contributed by atoms with Crippen LogP contribution in [0.15, 0.2) is 95.5 Å². The second-order valence-electron chi connectivity index (χ2n) is 16.4. The van der Waals surface area contributed by atoms with Crippen molar-refractivity contribution < 1.29 is 14.0 Å². The molecule has 4 atom stereocenters. The SMILES string of the molecule is Nc1oc2ccc(C(=O)c3ccccc3Cl)cc2c1C1CCN2CCCC2C1.Nn1cc(C2CCN3CCCCC3C2)c2cc(C(=O)c3ccccc3Cl)ccc21. The van der Waals surface area contributed by atoms with E-state index in [0.29, 0.717) is 62.1 Å². The predicted molar refractivity (Wildman–Crippen MR) is 230 cm³/mol. The Labute approximate surface area is 343 Å². The van der Waals surface area contributed by atoms with E-state index in [4.69, 9.17) is 39.2 Å². The Bertz CT molecular complexity index is 2470. The van der Waals surface area contributed by atoms with Gasteiger partial charge >= 0.3 is 0 Å². The molecular formula is C47H49Cl2N5O3. The summed E-state index contributed by atoms with van der Waals surface area (Å²) >= 11 is 12.5. The number of hydrogen-bond donors (Lipinski definition) is 2. The van der Waals surface area contributed by atoms with Crippen molar-refractivity contribution in [1.82, 2.24) is 14.5 Å². The first kappa shape index (κ1) is 37.9. The fraction of sp³-hybridized carbons (Fsp3) is 0.362. The maximum absolute atomic E-state index is 13.1. The maximum Gasteiger partial charge on any atom is 0.195 e. The van der Waals surface area contributed by atoms with Crippen molar-refractivity contribution in [2.75, 3.05) is 37.8 Å². The average molecular weight is 803 g/mol. The number of nitrogens with two attached hydrogens (primary N) is 2. The van der Waals surface area contributed by atoms with Gasteiger partial charge in [-0.15, -0.1) is 0 Å². The first-order valence-electron chi connectivity index (χ1n) is 20.5. The molecule has 6 aromatic rings. The Morgan fingerprint density at radius 2 is 1.23 bits per heavy atom. The van der Waals surface area contributed by atoms with E-state index in [0.717, 1.165) is 59.8 Å². The first-order chi connectivity index (χ1) is 27.7. The second-order valence-corrected chi connectivity index (χ2v) is 17.2. The Morgan fingerprint density at radius 1 is 0.649 bits per heavy atom. The van der Waals surface area contributed by atoms with Gasteiger partial charge in [0.15, 0.2) is 17.5 Å². The molecule has 0 spiro atoms. The van der Waals surface area contributed by atoms with Crippen LogP contribution in [0, 0.1) is 0 Å². The van der Waals surface area contributed by atoms with E-state index in [2.05, 4.69) is 16.0 Å². The molecule has 0 radical (unpaired) electrons. The number of carbonyl (C=O) groups is 2. The number of hydrogen-bond acceptors (Lipinski definition) is 7. The third-order valence-corrected chi connectivity index (χ3v) is 13.8. The van der Waals surface area contributed by atoms with Gasteiger partial charge < -0.3 is 25.8 Å². The van der Waals surface area contributed by atoms with Gasteiger partial charge in [0.05, 0.1) is 15.6 Å². The maximum atomic E-state index is 13.1. The van der Waals surface area contributed by atoms with Gasteiger partial charge in [-0.05, 0) is 156 Å². The molecule has 4 aromatic carbocycles. The minimum absolute atomic E-state index is 0.0460. The quantitative estimate of drug-likeness (QED) is 0.127. The van der Waals surface area contributed by atoms with Crippen molar-refractivity contribution in [2.45, 2.75) is 81.7 Å².